The Labute approximate surface area is 123 Å². The van der Waals surface area contributed by atoms with Crippen LogP contribution in [0.15, 0.2) is 36.7 Å². The third kappa shape index (κ3) is 2.99. The predicted molar refractivity (Wildman–Crippen MR) is 82.0 cm³/mol. The molecule has 0 spiro atoms. The van der Waals surface area contributed by atoms with E-state index in [1.807, 2.05) is 13.0 Å². The van der Waals surface area contributed by atoms with Crippen molar-refractivity contribution < 1.29 is 0 Å². The molecule has 6 heteroatoms. The first-order chi connectivity index (χ1) is 10.4. The van der Waals surface area contributed by atoms with Crippen molar-refractivity contribution >= 4 is 17.0 Å². The molecule has 1 aromatic carbocycles. The van der Waals surface area contributed by atoms with Crippen LogP contribution in [0.4, 0.5) is 5.82 Å². The maximum Gasteiger partial charge on any atom is 0.183 e. The highest BCUT2D eigenvalue weighted by Gasteiger charge is 2.09. The number of rotatable bonds is 6. The number of nitrogens with zero attached hydrogens (tertiary/aromatic N) is 5. The number of benzene rings is 1. The van der Waals surface area contributed by atoms with E-state index in [1.165, 1.54) is 5.56 Å². The van der Waals surface area contributed by atoms with Gasteiger partial charge in [-0.2, -0.15) is 0 Å². The fraction of sp³-hybridized carbons (Fsp3) is 0.333. The van der Waals surface area contributed by atoms with Crippen LogP contribution < -0.4 is 5.32 Å². The molecule has 0 amide bonds. The molecule has 3 rings (SSSR count). The fourth-order valence-corrected chi connectivity index (χ4v) is 2.28. The highest BCUT2D eigenvalue weighted by molar-refractivity contribution is 5.81. The molecule has 2 heterocycles. The molecular weight excluding hydrogens is 264 g/mol. The third-order valence-electron chi connectivity index (χ3n) is 3.38. The second-order valence-electron chi connectivity index (χ2n) is 4.82. The number of hydrogen-bond donors (Lipinski definition) is 1. The van der Waals surface area contributed by atoms with Gasteiger partial charge in [-0.25, -0.2) is 14.6 Å². The molecular formula is C15H18N6. The van der Waals surface area contributed by atoms with Gasteiger partial charge < -0.3 is 5.32 Å². The maximum atomic E-state index is 4.26. The first-order valence-corrected chi connectivity index (χ1v) is 7.20. The maximum absolute atomic E-state index is 4.26. The van der Waals surface area contributed by atoms with Crippen LogP contribution in [0.25, 0.3) is 11.2 Å². The summed E-state index contributed by atoms with van der Waals surface area (Å²) in [5.41, 5.74) is 2.86. The minimum Gasteiger partial charge on any atom is -0.368 e. The minimum atomic E-state index is 0.735. The number of fused-ring (bicyclic) bond motifs is 1. The van der Waals surface area contributed by atoms with Crippen molar-refractivity contribution in [2.24, 2.45) is 0 Å². The number of hydrogen-bond acceptors (Lipinski definition) is 5. The zero-order valence-electron chi connectivity index (χ0n) is 12.0. The molecule has 21 heavy (non-hydrogen) atoms. The SMILES string of the molecule is CCn1nnc2c(NCCCc3ccccc3)ncnc21. The number of nitrogens with one attached hydrogen (secondary N) is 1. The molecule has 0 saturated carbocycles. The van der Waals surface area contributed by atoms with E-state index >= 15 is 0 Å². The van der Waals surface area contributed by atoms with E-state index in [-0.39, 0.29) is 0 Å². The summed E-state index contributed by atoms with van der Waals surface area (Å²) in [5, 5.41) is 11.6. The Hall–Kier alpha value is -2.50. The van der Waals surface area contributed by atoms with Crippen LogP contribution in [-0.4, -0.2) is 31.5 Å². The van der Waals surface area contributed by atoms with Crippen LogP contribution in [-0.2, 0) is 13.0 Å². The van der Waals surface area contributed by atoms with E-state index in [1.54, 1.807) is 11.0 Å². The van der Waals surface area contributed by atoms with E-state index in [0.717, 1.165) is 42.9 Å². The first kappa shape index (κ1) is 13.5. The molecule has 0 atom stereocenters. The smallest absolute Gasteiger partial charge is 0.183 e. The Morgan fingerprint density at radius 1 is 1.14 bits per heavy atom. The average molecular weight is 282 g/mol. The van der Waals surface area contributed by atoms with Crippen molar-refractivity contribution in [1.29, 1.82) is 0 Å². The van der Waals surface area contributed by atoms with Crippen molar-refractivity contribution in [3.05, 3.63) is 42.2 Å². The monoisotopic (exact) mass is 282 g/mol. The van der Waals surface area contributed by atoms with Gasteiger partial charge in [0.2, 0.25) is 0 Å². The predicted octanol–water partition coefficient (Wildman–Crippen LogP) is 2.29. The molecule has 6 nitrogen and oxygen atoms in total. The Morgan fingerprint density at radius 2 is 2.00 bits per heavy atom. The lowest BCUT2D eigenvalue weighted by atomic mass is 10.1. The van der Waals surface area contributed by atoms with E-state index < -0.39 is 0 Å². The molecule has 1 N–H and O–H groups in total. The second-order valence-corrected chi connectivity index (χ2v) is 4.82. The summed E-state index contributed by atoms with van der Waals surface area (Å²) in [4.78, 5) is 8.50. The van der Waals surface area contributed by atoms with E-state index in [0.29, 0.717) is 0 Å². The van der Waals surface area contributed by atoms with Crippen LogP contribution in [0.3, 0.4) is 0 Å². The number of aromatic nitrogens is 5. The van der Waals surface area contributed by atoms with Crippen LogP contribution in [0.1, 0.15) is 18.9 Å². The molecule has 0 aliphatic heterocycles. The van der Waals surface area contributed by atoms with E-state index in [9.17, 15) is 0 Å². The second kappa shape index (κ2) is 6.30. The standard InChI is InChI=1S/C15H18N6/c1-2-21-15-13(19-20-21)14(17-11-18-15)16-10-6-9-12-7-4-3-5-8-12/h3-5,7-8,11H,2,6,9-10H2,1H3,(H,16,17,18). The molecule has 0 saturated heterocycles. The Kier molecular flexibility index (Phi) is 4.04. The summed E-state index contributed by atoms with van der Waals surface area (Å²) in [7, 11) is 0. The van der Waals surface area contributed by atoms with Gasteiger partial charge in [-0.05, 0) is 25.3 Å². The van der Waals surface area contributed by atoms with Crippen molar-refractivity contribution in [3.8, 4) is 0 Å². The van der Waals surface area contributed by atoms with Gasteiger partial charge in [0.15, 0.2) is 17.0 Å². The topological polar surface area (TPSA) is 68.5 Å². The summed E-state index contributed by atoms with van der Waals surface area (Å²) in [6.07, 6.45) is 3.64. The van der Waals surface area contributed by atoms with Crippen LogP contribution in [0, 0.1) is 0 Å². The quantitative estimate of drug-likeness (QED) is 0.702. The van der Waals surface area contributed by atoms with Gasteiger partial charge in [-0.3, -0.25) is 0 Å². The van der Waals surface area contributed by atoms with Gasteiger partial charge in [-0.15, -0.1) is 5.10 Å². The molecule has 0 radical (unpaired) electrons. The average Bonchev–Trinajstić information content (AvgIpc) is 2.96. The van der Waals surface area contributed by atoms with Gasteiger partial charge in [-0.1, -0.05) is 35.5 Å². The Bertz CT molecular complexity index is 707. The van der Waals surface area contributed by atoms with Crippen molar-refractivity contribution in [2.75, 3.05) is 11.9 Å². The minimum absolute atomic E-state index is 0.735. The van der Waals surface area contributed by atoms with E-state index in [4.69, 9.17) is 0 Å². The van der Waals surface area contributed by atoms with E-state index in [2.05, 4.69) is 49.9 Å². The molecule has 3 aromatic rings. The van der Waals surface area contributed by atoms with Crippen LogP contribution in [0.2, 0.25) is 0 Å². The lowest BCUT2D eigenvalue weighted by Crippen LogP contribution is -2.06. The Morgan fingerprint density at radius 3 is 2.81 bits per heavy atom. The molecule has 0 aliphatic rings. The highest BCUT2D eigenvalue weighted by atomic mass is 15.4. The highest BCUT2D eigenvalue weighted by Crippen LogP contribution is 2.15. The van der Waals surface area contributed by atoms with Gasteiger partial charge in [0.25, 0.3) is 0 Å². The normalized spacial score (nSPS) is 10.9. The number of aryl methyl sites for hydroxylation is 2. The van der Waals surface area contributed by atoms with Gasteiger partial charge in [0.1, 0.15) is 6.33 Å². The largest absolute Gasteiger partial charge is 0.368 e. The van der Waals surface area contributed by atoms with Gasteiger partial charge >= 0.3 is 0 Å². The lowest BCUT2D eigenvalue weighted by Gasteiger charge is -2.05. The molecule has 0 unspecified atom stereocenters. The third-order valence-corrected chi connectivity index (χ3v) is 3.38. The lowest BCUT2D eigenvalue weighted by molar-refractivity contribution is 0.641. The molecule has 0 bridgehead atoms. The molecule has 108 valence electrons. The number of anilines is 1. The Balaban J connectivity index is 1.62. The summed E-state index contributed by atoms with van der Waals surface area (Å²) < 4.78 is 1.77. The molecule has 0 aliphatic carbocycles. The summed E-state index contributed by atoms with van der Waals surface area (Å²) in [6, 6.07) is 10.5. The summed E-state index contributed by atoms with van der Waals surface area (Å²) >= 11 is 0. The fourth-order valence-electron chi connectivity index (χ4n) is 2.28. The van der Waals surface area contributed by atoms with Crippen molar-refractivity contribution in [2.45, 2.75) is 26.3 Å². The van der Waals surface area contributed by atoms with Crippen molar-refractivity contribution in [1.82, 2.24) is 25.0 Å². The molecule has 0 fully saturated rings. The van der Waals surface area contributed by atoms with Crippen LogP contribution >= 0.6 is 0 Å². The van der Waals surface area contributed by atoms with Gasteiger partial charge in [0.05, 0.1) is 0 Å². The zero-order valence-corrected chi connectivity index (χ0v) is 12.0. The summed E-state index contributed by atoms with van der Waals surface area (Å²) in [6.45, 7) is 3.62. The van der Waals surface area contributed by atoms with Crippen molar-refractivity contribution in [3.63, 3.8) is 0 Å². The first-order valence-electron chi connectivity index (χ1n) is 7.20. The molecule has 2 aromatic heterocycles. The summed E-state index contributed by atoms with van der Waals surface area (Å²) in [5.74, 6) is 0.757. The van der Waals surface area contributed by atoms with Crippen LogP contribution in [0.5, 0.6) is 0 Å². The van der Waals surface area contributed by atoms with Gasteiger partial charge in [0, 0.05) is 13.1 Å². The zero-order chi connectivity index (χ0) is 14.5.